The Morgan fingerprint density at radius 1 is 1.29 bits per heavy atom. The maximum absolute atomic E-state index is 14.5. The summed E-state index contributed by atoms with van der Waals surface area (Å²) in [5, 5.41) is 12.2. The Morgan fingerprint density at radius 2 is 2.04 bits per heavy atom. The van der Waals surface area contributed by atoms with Crippen LogP contribution in [0.3, 0.4) is 0 Å². The van der Waals surface area contributed by atoms with Crippen molar-refractivity contribution in [2.75, 3.05) is 30.4 Å². The Labute approximate surface area is 142 Å². The van der Waals surface area contributed by atoms with Gasteiger partial charge in [0.2, 0.25) is 0 Å². The molecule has 0 bridgehead atoms. The molecule has 3 rings (SSSR count). The number of nitrogens with zero attached hydrogens (tertiary/aromatic N) is 2. The van der Waals surface area contributed by atoms with Gasteiger partial charge in [0.25, 0.3) is 0 Å². The van der Waals surface area contributed by atoms with Crippen LogP contribution in [0.25, 0.3) is 0 Å². The molecule has 1 aromatic carbocycles. The first-order valence-electron chi connectivity index (χ1n) is 8.81. The number of aliphatic hydroxyl groups is 1. The molecule has 6 heteroatoms. The third kappa shape index (κ3) is 3.80. The van der Waals surface area contributed by atoms with Gasteiger partial charge in [-0.15, -0.1) is 0 Å². The Balaban J connectivity index is 1.64. The van der Waals surface area contributed by atoms with Crippen LogP contribution >= 0.6 is 0 Å². The second kappa shape index (κ2) is 7.38. The van der Waals surface area contributed by atoms with Crippen LogP contribution in [0, 0.1) is 5.82 Å². The zero-order chi connectivity index (χ0) is 17.1. The molecule has 0 aromatic heterocycles. The molecule has 1 aromatic rings. The van der Waals surface area contributed by atoms with Crippen molar-refractivity contribution in [1.82, 2.24) is 4.90 Å². The first-order valence-corrected chi connectivity index (χ1v) is 8.81. The highest BCUT2D eigenvalue weighted by molar-refractivity contribution is 5.89. The number of anilines is 2. The van der Waals surface area contributed by atoms with Gasteiger partial charge in [0.15, 0.2) is 0 Å². The summed E-state index contributed by atoms with van der Waals surface area (Å²) in [6.07, 6.45) is 6.01. The molecule has 1 aliphatic carbocycles. The maximum Gasteiger partial charge on any atom is 0.321 e. The number of halogens is 1. The van der Waals surface area contributed by atoms with Crippen LogP contribution in [0.1, 0.15) is 38.5 Å². The quantitative estimate of drug-likeness (QED) is 0.892. The normalized spacial score (nSPS) is 21.8. The lowest BCUT2D eigenvalue weighted by molar-refractivity contribution is 0.176. The lowest BCUT2D eigenvalue weighted by Crippen LogP contribution is -2.34. The summed E-state index contributed by atoms with van der Waals surface area (Å²) in [6, 6.07) is 4.94. The van der Waals surface area contributed by atoms with Crippen LogP contribution in [-0.2, 0) is 0 Å². The summed E-state index contributed by atoms with van der Waals surface area (Å²) in [5.41, 5.74) is 1.02. The number of amides is 2. The van der Waals surface area contributed by atoms with Crippen molar-refractivity contribution in [3.05, 3.63) is 24.0 Å². The zero-order valence-electron chi connectivity index (χ0n) is 14.2. The number of hydrogen-bond donors (Lipinski definition) is 2. The van der Waals surface area contributed by atoms with E-state index in [0.29, 0.717) is 36.9 Å². The minimum Gasteiger partial charge on any atom is -0.391 e. The van der Waals surface area contributed by atoms with Gasteiger partial charge in [0, 0.05) is 31.9 Å². The van der Waals surface area contributed by atoms with Crippen molar-refractivity contribution in [3.8, 4) is 0 Å². The maximum atomic E-state index is 14.5. The van der Waals surface area contributed by atoms with Gasteiger partial charge in [-0.1, -0.05) is 19.3 Å². The monoisotopic (exact) mass is 335 g/mol. The molecule has 1 heterocycles. The van der Waals surface area contributed by atoms with Gasteiger partial charge >= 0.3 is 6.03 Å². The first kappa shape index (κ1) is 17.0. The second-order valence-electron chi connectivity index (χ2n) is 6.89. The molecule has 2 fully saturated rings. The molecule has 0 spiro atoms. The molecule has 0 radical (unpaired) electrons. The van der Waals surface area contributed by atoms with Crippen molar-refractivity contribution in [2.24, 2.45) is 0 Å². The highest BCUT2D eigenvalue weighted by Crippen LogP contribution is 2.29. The summed E-state index contributed by atoms with van der Waals surface area (Å²) in [5.74, 6) is -0.317. The number of benzene rings is 1. The molecule has 2 aliphatic rings. The molecule has 2 N–H and O–H groups in total. The summed E-state index contributed by atoms with van der Waals surface area (Å²) in [4.78, 5) is 15.7. The molecule has 24 heavy (non-hydrogen) atoms. The Hall–Kier alpha value is -1.82. The lowest BCUT2D eigenvalue weighted by Gasteiger charge is -2.33. The second-order valence-corrected chi connectivity index (χ2v) is 6.89. The van der Waals surface area contributed by atoms with Crippen LogP contribution in [0.5, 0.6) is 0 Å². The fourth-order valence-corrected chi connectivity index (χ4v) is 3.66. The fraction of sp³-hybridized carbons (Fsp3) is 0.611. The third-order valence-electron chi connectivity index (χ3n) is 5.15. The molecule has 5 nitrogen and oxygen atoms in total. The molecule has 1 atom stereocenters. The number of carbonyl (C=O) groups excluding carboxylic acids is 1. The molecular weight excluding hydrogens is 309 g/mol. The summed E-state index contributed by atoms with van der Waals surface area (Å²) < 4.78 is 14.5. The highest BCUT2D eigenvalue weighted by Gasteiger charge is 2.25. The SMILES string of the molecule is CN(c1ccc(NC(=O)N2CC[C@H](O)C2)cc1F)C1CCCCC1. The summed E-state index contributed by atoms with van der Waals surface area (Å²) >= 11 is 0. The third-order valence-corrected chi connectivity index (χ3v) is 5.15. The number of β-amino-alcohol motifs (C(OH)–C–C–N with tert-alkyl or cyclic N) is 1. The van der Waals surface area contributed by atoms with Gasteiger partial charge in [0.1, 0.15) is 5.82 Å². The lowest BCUT2D eigenvalue weighted by atomic mass is 9.94. The van der Waals surface area contributed by atoms with Crippen molar-refractivity contribution >= 4 is 17.4 Å². The van der Waals surface area contributed by atoms with Crippen molar-refractivity contribution < 1.29 is 14.3 Å². The highest BCUT2D eigenvalue weighted by atomic mass is 19.1. The number of carbonyl (C=O) groups is 1. The van der Waals surface area contributed by atoms with E-state index < -0.39 is 6.10 Å². The molecule has 1 aliphatic heterocycles. The number of likely N-dealkylation sites (tertiary alicyclic amines) is 1. The number of hydrogen-bond acceptors (Lipinski definition) is 3. The van der Waals surface area contributed by atoms with E-state index in [2.05, 4.69) is 5.32 Å². The minimum atomic E-state index is -0.459. The average Bonchev–Trinajstić information content (AvgIpc) is 3.02. The van der Waals surface area contributed by atoms with Gasteiger partial charge in [-0.2, -0.15) is 0 Å². The Bertz CT molecular complexity index is 590. The van der Waals surface area contributed by atoms with E-state index in [1.165, 1.54) is 25.3 Å². The number of urea groups is 1. The number of aliphatic hydroxyl groups excluding tert-OH is 1. The van der Waals surface area contributed by atoms with Gasteiger partial charge in [-0.3, -0.25) is 0 Å². The molecule has 132 valence electrons. The molecule has 1 saturated heterocycles. The smallest absolute Gasteiger partial charge is 0.321 e. The van der Waals surface area contributed by atoms with Gasteiger partial charge in [-0.05, 0) is 37.5 Å². The predicted molar refractivity (Wildman–Crippen MR) is 92.9 cm³/mol. The van der Waals surface area contributed by atoms with Crippen LogP contribution in [0.15, 0.2) is 18.2 Å². The standard InChI is InChI=1S/C18H26FN3O2/c1-21(14-5-3-2-4-6-14)17-8-7-13(11-16(17)19)20-18(24)22-10-9-15(23)12-22/h7-8,11,14-15,23H,2-6,9-10,12H2,1H3,(H,20,24)/t15-/m0/s1. The molecule has 0 unspecified atom stereocenters. The van der Waals surface area contributed by atoms with Crippen LogP contribution in [0.4, 0.5) is 20.6 Å². The first-order chi connectivity index (χ1) is 11.5. The van der Waals surface area contributed by atoms with E-state index in [0.717, 1.165) is 12.8 Å². The number of nitrogens with one attached hydrogen (secondary N) is 1. The van der Waals surface area contributed by atoms with Crippen LogP contribution < -0.4 is 10.2 Å². The fourth-order valence-electron chi connectivity index (χ4n) is 3.66. The van der Waals surface area contributed by atoms with Crippen molar-refractivity contribution in [2.45, 2.75) is 50.7 Å². The molecular formula is C18H26FN3O2. The zero-order valence-corrected chi connectivity index (χ0v) is 14.2. The van der Waals surface area contributed by atoms with E-state index in [4.69, 9.17) is 0 Å². The van der Waals surface area contributed by atoms with Crippen LogP contribution in [0.2, 0.25) is 0 Å². The molecule has 1 saturated carbocycles. The van der Waals surface area contributed by atoms with Crippen molar-refractivity contribution in [1.29, 1.82) is 0 Å². The average molecular weight is 335 g/mol. The number of rotatable bonds is 3. The largest absolute Gasteiger partial charge is 0.391 e. The Kier molecular flexibility index (Phi) is 5.23. The van der Waals surface area contributed by atoms with E-state index in [-0.39, 0.29) is 11.8 Å². The molecule has 2 amide bonds. The van der Waals surface area contributed by atoms with E-state index >= 15 is 0 Å². The van der Waals surface area contributed by atoms with Gasteiger partial charge in [0.05, 0.1) is 11.8 Å². The minimum absolute atomic E-state index is 0.292. The van der Waals surface area contributed by atoms with E-state index in [1.807, 2.05) is 11.9 Å². The summed E-state index contributed by atoms with van der Waals surface area (Å²) in [7, 11) is 1.94. The summed E-state index contributed by atoms with van der Waals surface area (Å²) in [6.45, 7) is 0.856. The van der Waals surface area contributed by atoms with E-state index in [9.17, 15) is 14.3 Å². The van der Waals surface area contributed by atoms with Crippen molar-refractivity contribution in [3.63, 3.8) is 0 Å². The van der Waals surface area contributed by atoms with E-state index in [1.54, 1.807) is 17.0 Å². The topological polar surface area (TPSA) is 55.8 Å². The van der Waals surface area contributed by atoms with Gasteiger partial charge in [-0.25, -0.2) is 9.18 Å². The van der Waals surface area contributed by atoms with Gasteiger partial charge < -0.3 is 20.2 Å². The van der Waals surface area contributed by atoms with Crippen LogP contribution in [-0.4, -0.2) is 48.3 Å². The Morgan fingerprint density at radius 3 is 2.67 bits per heavy atom. The predicted octanol–water partition coefficient (Wildman–Crippen LogP) is 3.19.